The highest BCUT2D eigenvalue weighted by Gasteiger charge is 2.19. The van der Waals surface area contributed by atoms with E-state index in [4.69, 9.17) is 9.15 Å². The maximum absolute atomic E-state index is 13.0. The van der Waals surface area contributed by atoms with E-state index in [1.165, 1.54) is 5.56 Å². The van der Waals surface area contributed by atoms with Crippen molar-refractivity contribution < 1.29 is 13.9 Å². The molecule has 3 aromatic carbocycles. The molecule has 0 aliphatic heterocycles. The summed E-state index contributed by atoms with van der Waals surface area (Å²) in [5.41, 5.74) is 8.30. The van der Waals surface area contributed by atoms with Crippen molar-refractivity contribution in [1.82, 2.24) is 4.98 Å². The van der Waals surface area contributed by atoms with Crippen LogP contribution in [0.5, 0.6) is 5.75 Å². The number of amides is 1. The van der Waals surface area contributed by atoms with Gasteiger partial charge in [0.1, 0.15) is 11.3 Å². The second kappa shape index (κ2) is 9.63. The lowest BCUT2D eigenvalue weighted by Gasteiger charge is -2.15. The van der Waals surface area contributed by atoms with Gasteiger partial charge in [0.15, 0.2) is 0 Å². The van der Waals surface area contributed by atoms with Crippen LogP contribution < -0.4 is 10.1 Å². The average Bonchev–Trinajstić information content (AvgIpc) is 3.43. The SMILES string of the molecule is CCOc1c(/C(C)=C/C(=O)Nc2ccc3sc(C)nc3c2)cc2c(-c3ccc(C)cc3)coc2c1C. The fourth-order valence-corrected chi connectivity index (χ4v) is 5.28. The first-order valence-electron chi connectivity index (χ1n) is 12.0. The molecule has 0 radical (unpaired) electrons. The molecule has 0 saturated heterocycles. The van der Waals surface area contributed by atoms with Gasteiger partial charge in [0.05, 0.1) is 28.1 Å². The minimum atomic E-state index is -0.204. The molecule has 0 aliphatic rings. The zero-order valence-electron chi connectivity index (χ0n) is 21.1. The van der Waals surface area contributed by atoms with Crippen molar-refractivity contribution in [1.29, 1.82) is 0 Å². The number of carbonyl (C=O) groups excluding carboxylic acids is 1. The van der Waals surface area contributed by atoms with Crippen LogP contribution in [0.3, 0.4) is 0 Å². The first-order valence-corrected chi connectivity index (χ1v) is 12.8. The number of fused-ring (bicyclic) bond motifs is 2. The molecule has 6 heteroatoms. The van der Waals surface area contributed by atoms with E-state index in [0.717, 1.165) is 65.5 Å². The summed E-state index contributed by atoms with van der Waals surface area (Å²) in [4.78, 5) is 17.5. The molecule has 0 spiro atoms. The molecule has 0 fully saturated rings. The van der Waals surface area contributed by atoms with E-state index in [1.807, 2.05) is 45.9 Å². The van der Waals surface area contributed by atoms with Gasteiger partial charge in [-0.15, -0.1) is 11.3 Å². The Balaban J connectivity index is 1.53. The summed E-state index contributed by atoms with van der Waals surface area (Å²) in [7, 11) is 0. The van der Waals surface area contributed by atoms with Crippen molar-refractivity contribution in [3.05, 3.63) is 82.6 Å². The van der Waals surface area contributed by atoms with Gasteiger partial charge in [-0.05, 0) is 70.0 Å². The van der Waals surface area contributed by atoms with Crippen molar-refractivity contribution in [3.63, 3.8) is 0 Å². The Kier molecular flexibility index (Phi) is 6.37. The Morgan fingerprint density at radius 2 is 1.89 bits per heavy atom. The average molecular weight is 497 g/mol. The normalized spacial score (nSPS) is 11.9. The summed E-state index contributed by atoms with van der Waals surface area (Å²) in [5.74, 6) is 0.528. The second-order valence-electron chi connectivity index (χ2n) is 8.94. The van der Waals surface area contributed by atoms with Gasteiger partial charge in [0.2, 0.25) is 5.91 Å². The van der Waals surface area contributed by atoms with E-state index in [2.05, 4.69) is 47.6 Å². The molecule has 5 nitrogen and oxygen atoms in total. The maximum atomic E-state index is 13.0. The zero-order chi connectivity index (χ0) is 25.4. The minimum absolute atomic E-state index is 0.204. The molecule has 5 aromatic rings. The summed E-state index contributed by atoms with van der Waals surface area (Å²) in [6, 6.07) is 16.2. The number of thiazole rings is 1. The van der Waals surface area contributed by atoms with Crippen LogP contribution in [0.1, 0.15) is 35.5 Å². The number of furan rings is 1. The molecule has 0 saturated carbocycles. The van der Waals surface area contributed by atoms with Gasteiger partial charge in [0.25, 0.3) is 0 Å². The molecule has 1 N–H and O–H groups in total. The number of nitrogens with zero attached hydrogens (tertiary/aromatic N) is 1. The summed E-state index contributed by atoms with van der Waals surface area (Å²) in [5, 5.41) is 4.97. The molecule has 5 rings (SSSR count). The van der Waals surface area contributed by atoms with Crippen LogP contribution in [0.15, 0.2) is 65.3 Å². The number of ether oxygens (including phenoxy) is 1. The van der Waals surface area contributed by atoms with Gasteiger partial charge in [-0.3, -0.25) is 4.79 Å². The lowest BCUT2D eigenvalue weighted by Crippen LogP contribution is -2.09. The van der Waals surface area contributed by atoms with E-state index in [0.29, 0.717) is 6.61 Å². The first kappa shape index (κ1) is 23.8. The van der Waals surface area contributed by atoms with Gasteiger partial charge >= 0.3 is 0 Å². The third-order valence-electron chi connectivity index (χ3n) is 6.23. The highest BCUT2D eigenvalue weighted by molar-refractivity contribution is 7.18. The number of hydrogen-bond donors (Lipinski definition) is 1. The minimum Gasteiger partial charge on any atom is -0.493 e. The Morgan fingerprint density at radius 1 is 1.11 bits per heavy atom. The van der Waals surface area contributed by atoms with Gasteiger partial charge in [-0.1, -0.05) is 29.8 Å². The van der Waals surface area contributed by atoms with Crippen LogP contribution in [0, 0.1) is 20.8 Å². The third-order valence-corrected chi connectivity index (χ3v) is 7.18. The van der Waals surface area contributed by atoms with Crippen molar-refractivity contribution in [2.75, 3.05) is 11.9 Å². The van der Waals surface area contributed by atoms with E-state index in [9.17, 15) is 4.79 Å². The molecule has 0 aliphatic carbocycles. The molecular formula is C30H28N2O3S. The number of hydrogen-bond acceptors (Lipinski definition) is 5. The molecule has 0 atom stereocenters. The van der Waals surface area contributed by atoms with Crippen molar-refractivity contribution in [3.8, 4) is 16.9 Å². The van der Waals surface area contributed by atoms with Crippen molar-refractivity contribution in [2.45, 2.75) is 34.6 Å². The summed E-state index contributed by atoms with van der Waals surface area (Å²) < 4.78 is 13.1. The Hall–Kier alpha value is -3.90. The number of benzene rings is 3. The van der Waals surface area contributed by atoms with Crippen LogP contribution >= 0.6 is 11.3 Å². The Morgan fingerprint density at radius 3 is 2.64 bits per heavy atom. The number of aryl methyl sites for hydroxylation is 3. The monoisotopic (exact) mass is 496 g/mol. The van der Waals surface area contributed by atoms with Crippen molar-refractivity contribution >= 4 is 49.7 Å². The maximum Gasteiger partial charge on any atom is 0.248 e. The predicted molar refractivity (Wildman–Crippen MR) is 149 cm³/mol. The molecule has 182 valence electrons. The number of anilines is 1. The first-order chi connectivity index (χ1) is 17.3. The van der Waals surface area contributed by atoms with E-state index >= 15 is 0 Å². The summed E-state index contributed by atoms with van der Waals surface area (Å²) in [6.45, 7) is 10.4. The quantitative estimate of drug-likeness (QED) is 0.241. The number of nitrogens with one attached hydrogen (secondary N) is 1. The highest BCUT2D eigenvalue weighted by Crippen LogP contribution is 2.41. The number of rotatable bonds is 6. The molecule has 1 amide bonds. The van der Waals surface area contributed by atoms with Crippen LogP contribution in [-0.2, 0) is 4.79 Å². The van der Waals surface area contributed by atoms with Crippen LogP contribution in [0.4, 0.5) is 5.69 Å². The Labute approximate surface area is 214 Å². The molecule has 2 heterocycles. The fraction of sp³-hybridized carbons (Fsp3) is 0.200. The fourth-order valence-electron chi connectivity index (χ4n) is 4.47. The van der Waals surface area contributed by atoms with Gasteiger partial charge in [-0.2, -0.15) is 0 Å². The zero-order valence-corrected chi connectivity index (χ0v) is 21.9. The van der Waals surface area contributed by atoms with Gasteiger partial charge in [-0.25, -0.2) is 4.98 Å². The smallest absolute Gasteiger partial charge is 0.248 e. The van der Waals surface area contributed by atoms with Gasteiger partial charge in [0, 0.05) is 33.8 Å². The second-order valence-corrected chi connectivity index (χ2v) is 10.2. The van der Waals surface area contributed by atoms with E-state index in [-0.39, 0.29) is 5.91 Å². The molecular weight excluding hydrogens is 468 g/mol. The van der Waals surface area contributed by atoms with Crippen molar-refractivity contribution in [2.24, 2.45) is 0 Å². The number of carbonyl (C=O) groups is 1. The molecule has 36 heavy (non-hydrogen) atoms. The van der Waals surface area contributed by atoms with Crippen LogP contribution in [0.25, 0.3) is 37.9 Å². The number of aromatic nitrogens is 1. The Bertz CT molecular complexity index is 1620. The molecule has 0 unspecified atom stereocenters. The van der Waals surface area contributed by atoms with E-state index in [1.54, 1.807) is 23.7 Å². The lowest BCUT2D eigenvalue weighted by atomic mass is 9.96. The topological polar surface area (TPSA) is 64.4 Å². The molecule has 0 bridgehead atoms. The third kappa shape index (κ3) is 4.52. The van der Waals surface area contributed by atoms with Crippen LogP contribution in [-0.4, -0.2) is 17.5 Å². The van der Waals surface area contributed by atoms with Crippen LogP contribution in [0.2, 0.25) is 0 Å². The standard InChI is InChI=1S/C30H28N2O3S/c1-6-34-29-19(4)30-24(25(16-35-30)21-9-7-17(2)8-10-21)15-23(29)18(3)13-28(33)32-22-11-12-27-26(14-22)31-20(5)36-27/h7-16H,6H2,1-5H3,(H,32,33)/b18-13+. The summed E-state index contributed by atoms with van der Waals surface area (Å²) in [6.07, 6.45) is 3.41. The molecule has 2 aromatic heterocycles. The van der Waals surface area contributed by atoms with E-state index < -0.39 is 0 Å². The lowest BCUT2D eigenvalue weighted by molar-refractivity contribution is -0.111. The highest BCUT2D eigenvalue weighted by atomic mass is 32.1. The predicted octanol–water partition coefficient (Wildman–Crippen LogP) is 8.08. The summed E-state index contributed by atoms with van der Waals surface area (Å²) >= 11 is 1.64. The number of allylic oxidation sites excluding steroid dienone is 1. The largest absolute Gasteiger partial charge is 0.493 e. The van der Waals surface area contributed by atoms with Gasteiger partial charge < -0.3 is 14.5 Å².